The highest BCUT2D eigenvalue weighted by Gasteiger charge is 2.14. The Labute approximate surface area is 119 Å². The third-order valence-corrected chi connectivity index (χ3v) is 3.51. The Balaban J connectivity index is 2.32. The van der Waals surface area contributed by atoms with Gasteiger partial charge in [0.25, 0.3) is 0 Å². The zero-order chi connectivity index (χ0) is 14.5. The number of aromatic nitrogens is 2. The van der Waals surface area contributed by atoms with Crippen LogP contribution in [0.15, 0.2) is 24.5 Å². The molecule has 2 rings (SSSR count). The molecule has 0 aliphatic carbocycles. The minimum Gasteiger partial charge on any atom is -0.342 e. The van der Waals surface area contributed by atoms with E-state index in [-0.39, 0.29) is 5.91 Å². The van der Waals surface area contributed by atoms with E-state index in [1.54, 1.807) is 6.20 Å². The van der Waals surface area contributed by atoms with Crippen molar-refractivity contribution in [1.29, 1.82) is 0 Å². The van der Waals surface area contributed by atoms with Gasteiger partial charge in [-0.25, -0.2) is 4.98 Å². The number of carbonyl (C=O) groups excluding carboxylic acids is 1. The first-order valence-corrected chi connectivity index (χ1v) is 7.06. The Hall–Kier alpha value is -1.88. The second-order valence-corrected chi connectivity index (χ2v) is 4.75. The minimum atomic E-state index is 0.133. The van der Waals surface area contributed by atoms with Crippen LogP contribution >= 0.6 is 0 Å². The van der Waals surface area contributed by atoms with Crippen LogP contribution in [0.3, 0.4) is 0 Å². The van der Waals surface area contributed by atoms with Crippen molar-refractivity contribution >= 4 is 16.9 Å². The van der Waals surface area contributed by atoms with Gasteiger partial charge in [-0.2, -0.15) is 0 Å². The summed E-state index contributed by atoms with van der Waals surface area (Å²) in [5.41, 5.74) is 2.04. The lowest BCUT2D eigenvalue weighted by Crippen LogP contribution is -2.33. The van der Waals surface area contributed by atoms with E-state index >= 15 is 0 Å². The van der Waals surface area contributed by atoms with Crippen molar-refractivity contribution in [3.63, 3.8) is 0 Å². The molecular formula is C15H22N4O. The van der Waals surface area contributed by atoms with Crippen molar-refractivity contribution < 1.29 is 4.79 Å². The molecule has 20 heavy (non-hydrogen) atoms. The average molecular weight is 274 g/mol. The van der Waals surface area contributed by atoms with E-state index in [1.807, 2.05) is 48.7 Å². The van der Waals surface area contributed by atoms with Gasteiger partial charge in [0.15, 0.2) is 0 Å². The predicted molar refractivity (Wildman–Crippen MR) is 80.4 cm³/mol. The molecule has 0 bridgehead atoms. The number of hydrogen-bond donors (Lipinski definition) is 1. The van der Waals surface area contributed by atoms with Gasteiger partial charge < -0.3 is 14.8 Å². The Morgan fingerprint density at radius 1 is 1.40 bits per heavy atom. The van der Waals surface area contributed by atoms with E-state index < -0.39 is 0 Å². The van der Waals surface area contributed by atoms with E-state index in [9.17, 15) is 4.79 Å². The molecule has 0 radical (unpaired) electrons. The standard InChI is InChI=1S/C15H22N4O/c1-4-18(5-2)14(20)11-19-10-12(9-16-3)13-7-6-8-17-15(13)19/h6-8,10,16H,4-5,9,11H2,1-3H3. The van der Waals surface area contributed by atoms with Crippen molar-refractivity contribution in [2.45, 2.75) is 26.9 Å². The summed E-state index contributed by atoms with van der Waals surface area (Å²) in [4.78, 5) is 18.5. The normalized spacial score (nSPS) is 10.9. The first-order valence-electron chi connectivity index (χ1n) is 7.06. The van der Waals surface area contributed by atoms with Crippen molar-refractivity contribution in [2.24, 2.45) is 0 Å². The van der Waals surface area contributed by atoms with Gasteiger partial charge in [-0.15, -0.1) is 0 Å². The molecule has 108 valence electrons. The van der Waals surface area contributed by atoms with Crippen molar-refractivity contribution in [3.05, 3.63) is 30.1 Å². The summed E-state index contributed by atoms with van der Waals surface area (Å²) in [5, 5.41) is 4.26. The Morgan fingerprint density at radius 2 is 2.15 bits per heavy atom. The molecule has 0 atom stereocenters. The van der Waals surface area contributed by atoms with Gasteiger partial charge >= 0.3 is 0 Å². The zero-order valence-corrected chi connectivity index (χ0v) is 12.4. The summed E-state index contributed by atoms with van der Waals surface area (Å²) in [6, 6.07) is 3.98. The molecule has 2 aromatic heterocycles. The first kappa shape index (κ1) is 14.5. The smallest absolute Gasteiger partial charge is 0.242 e. The van der Waals surface area contributed by atoms with E-state index in [0.29, 0.717) is 6.54 Å². The third-order valence-electron chi connectivity index (χ3n) is 3.51. The Bertz CT molecular complexity index is 587. The SMILES string of the molecule is CCN(CC)C(=O)Cn1cc(CNC)c2cccnc21. The Morgan fingerprint density at radius 3 is 2.80 bits per heavy atom. The maximum Gasteiger partial charge on any atom is 0.242 e. The van der Waals surface area contributed by atoms with Gasteiger partial charge in [0.2, 0.25) is 5.91 Å². The molecule has 1 amide bonds. The van der Waals surface area contributed by atoms with E-state index in [1.165, 1.54) is 5.56 Å². The molecule has 0 unspecified atom stereocenters. The fraction of sp³-hybridized carbons (Fsp3) is 0.467. The maximum atomic E-state index is 12.2. The second kappa shape index (κ2) is 6.52. The lowest BCUT2D eigenvalue weighted by Gasteiger charge is -2.18. The van der Waals surface area contributed by atoms with E-state index in [2.05, 4.69) is 10.3 Å². The molecule has 2 heterocycles. The second-order valence-electron chi connectivity index (χ2n) is 4.75. The number of fused-ring (bicyclic) bond motifs is 1. The maximum absolute atomic E-state index is 12.2. The number of nitrogens with zero attached hydrogens (tertiary/aromatic N) is 3. The van der Waals surface area contributed by atoms with E-state index in [4.69, 9.17) is 0 Å². The highest BCUT2D eigenvalue weighted by molar-refractivity contribution is 5.83. The number of amides is 1. The number of carbonyl (C=O) groups is 1. The highest BCUT2D eigenvalue weighted by Crippen LogP contribution is 2.19. The quantitative estimate of drug-likeness (QED) is 0.871. The average Bonchev–Trinajstić information content (AvgIpc) is 2.79. The summed E-state index contributed by atoms with van der Waals surface area (Å²) in [6.07, 6.45) is 3.79. The molecule has 0 aliphatic rings. The van der Waals surface area contributed by atoms with Gasteiger partial charge in [-0.1, -0.05) is 0 Å². The molecule has 2 aromatic rings. The number of likely N-dealkylation sites (N-methyl/N-ethyl adjacent to an activating group) is 1. The summed E-state index contributed by atoms with van der Waals surface area (Å²) < 4.78 is 1.95. The van der Waals surface area contributed by atoms with Crippen molar-refractivity contribution in [3.8, 4) is 0 Å². The van der Waals surface area contributed by atoms with Gasteiger partial charge in [0.05, 0.1) is 0 Å². The van der Waals surface area contributed by atoms with Crippen molar-refractivity contribution in [2.75, 3.05) is 20.1 Å². The number of nitrogens with one attached hydrogen (secondary N) is 1. The van der Waals surface area contributed by atoms with Crippen LogP contribution in [0.2, 0.25) is 0 Å². The van der Waals surface area contributed by atoms with Crippen LogP contribution in [0.25, 0.3) is 11.0 Å². The fourth-order valence-electron chi connectivity index (χ4n) is 2.47. The topological polar surface area (TPSA) is 50.2 Å². The van der Waals surface area contributed by atoms with Crippen LogP contribution in [0.5, 0.6) is 0 Å². The van der Waals surface area contributed by atoms with Crippen LogP contribution in [-0.2, 0) is 17.9 Å². The molecule has 0 aromatic carbocycles. The summed E-state index contributed by atoms with van der Waals surface area (Å²) in [7, 11) is 1.92. The van der Waals surface area contributed by atoms with Gasteiger partial charge in [-0.3, -0.25) is 4.79 Å². The van der Waals surface area contributed by atoms with Gasteiger partial charge in [0, 0.05) is 37.4 Å². The summed E-state index contributed by atoms with van der Waals surface area (Å²) in [6.45, 7) is 6.60. The number of rotatable bonds is 6. The van der Waals surface area contributed by atoms with E-state index in [0.717, 1.165) is 30.7 Å². The molecule has 0 saturated heterocycles. The fourth-order valence-corrected chi connectivity index (χ4v) is 2.47. The van der Waals surface area contributed by atoms with Gasteiger partial charge in [0.1, 0.15) is 12.2 Å². The first-order chi connectivity index (χ1) is 9.71. The molecule has 0 fully saturated rings. The predicted octanol–water partition coefficient (Wildman–Crippen LogP) is 1.62. The number of pyridine rings is 1. The summed E-state index contributed by atoms with van der Waals surface area (Å²) in [5.74, 6) is 0.133. The number of hydrogen-bond acceptors (Lipinski definition) is 3. The zero-order valence-electron chi connectivity index (χ0n) is 12.4. The highest BCUT2D eigenvalue weighted by atomic mass is 16.2. The Kier molecular flexibility index (Phi) is 4.74. The molecular weight excluding hydrogens is 252 g/mol. The van der Waals surface area contributed by atoms with Crippen LogP contribution in [0.1, 0.15) is 19.4 Å². The molecule has 1 N–H and O–H groups in total. The van der Waals surface area contributed by atoms with Crippen molar-refractivity contribution in [1.82, 2.24) is 19.8 Å². The monoisotopic (exact) mass is 274 g/mol. The largest absolute Gasteiger partial charge is 0.342 e. The lowest BCUT2D eigenvalue weighted by molar-refractivity contribution is -0.131. The molecule has 5 heteroatoms. The van der Waals surface area contributed by atoms with Crippen LogP contribution in [0.4, 0.5) is 0 Å². The summed E-state index contributed by atoms with van der Waals surface area (Å²) >= 11 is 0. The van der Waals surface area contributed by atoms with Crippen LogP contribution < -0.4 is 5.32 Å². The molecule has 0 saturated carbocycles. The van der Waals surface area contributed by atoms with Crippen LogP contribution in [-0.4, -0.2) is 40.5 Å². The molecule has 0 spiro atoms. The molecule has 5 nitrogen and oxygen atoms in total. The van der Waals surface area contributed by atoms with Gasteiger partial charge in [-0.05, 0) is 38.6 Å². The van der Waals surface area contributed by atoms with Crippen LogP contribution in [0, 0.1) is 0 Å². The lowest BCUT2D eigenvalue weighted by atomic mass is 10.2. The molecule has 0 aliphatic heterocycles. The minimum absolute atomic E-state index is 0.133. The third kappa shape index (κ3) is 2.82.